The Bertz CT molecular complexity index is 496. The van der Waals surface area contributed by atoms with Crippen LogP contribution in [0.2, 0.25) is 0 Å². The second-order valence-corrected chi connectivity index (χ2v) is 6.59. The Kier molecular flexibility index (Phi) is 8.70. The van der Waals surface area contributed by atoms with E-state index in [0.717, 1.165) is 6.20 Å². The first-order valence-corrected chi connectivity index (χ1v) is 8.86. The van der Waals surface area contributed by atoms with Crippen LogP contribution in [0.3, 0.4) is 0 Å². The number of carbonyl (C=O) groups excluding carboxylic acids is 1. The highest BCUT2D eigenvalue weighted by Gasteiger charge is 2.17. The molecule has 0 fully saturated rings. The largest absolute Gasteiger partial charge is 0.508 e. The summed E-state index contributed by atoms with van der Waals surface area (Å²) in [6.45, 7) is 2.04. The molecule has 0 aliphatic rings. The fraction of sp³-hybridized carbons (Fsp3) is 0.636. The zero-order valence-corrected chi connectivity index (χ0v) is 13.6. The van der Waals surface area contributed by atoms with Crippen molar-refractivity contribution in [2.24, 2.45) is 0 Å². The van der Waals surface area contributed by atoms with Crippen LogP contribution in [-0.2, 0) is 16.0 Å². The van der Waals surface area contributed by atoms with Crippen LogP contribution < -0.4 is 0 Å². The van der Waals surface area contributed by atoms with Crippen LogP contribution in [0, 0.1) is 17.0 Å². The van der Waals surface area contributed by atoms with E-state index in [1.165, 1.54) is 26.2 Å². The lowest BCUT2D eigenvalue weighted by molar-refractivity contribution is -0.392. The fourth-order valence-corrected chi connectivity index (χ4v) is 3.05. The van der Waals surface area contributed by atoms with Crippen molar-refractivity contribution in [3.8, 4) is 0 Å². The van der Waals surface area contributed by atoms with Crippen molar-refractivity contribution in [1.82, 2.24) is 9.55 Å². The normalized spacial score (nSPS) is 10.5. The van der Waals surface area contributed by atoms with Crippen LogP contribution in [0.15, 0.2) is 6.20 Å². The number of rotatable bonds is 10. The molecule has 1 aromatic rings. The summed E-state index contributed by atoms with van der Waals surface area (Å²) in [6, 6.07) is 0. The molecule has 0 aliphatic carbocycles. The lowest BCUT2D eigenvalue weighted by Crippen LogP contribution is -2.15. The molecule has 1 rings (SSSR count). The van der Waals surface area contributed by atoms with E-state index in [4.69, 9.17) is 14.6 Å². The minimum Gasteiger partial charge on any atom is -0.433 e. The van der Waals surface area contributed by atoms with E-state index in [0.29, 0.717) is 17.3 Å². The smallest absolute Gasteiger partial charge is 0.433 e. The molecule has 11 heteroatoms. The van der Waals surface area contributed by atoms with Gasteiger partial charge in [-0.05, 0) is 4.92 Å². The third-order valence-electron chi connectivity index (χ3n) is 2.40. The maximum atomic E-state index is 11.3. The van der Waals surface area contributed by atoms with E-state index in [1.807, 2.05) is 0 Å². The number of aliphatic hydroxyl groups excluding tert-OH is 1. The molecule has 0 bridgehead atoms. The average Bonchev–Trinajstić information content (AvgIpc) is 2.84. The summed E-state index contributed by atoms with van der Waals surface area (Å²) in [5, 5.41) is 19.3. The molecule has 0 amide bonds. The summed E-state index contributed by atoms with van der Waals surface area (Å²) in [7, 11) is 2.97. The molecule has 1 N–H and O–H groups in total. The van der Waals surface area contributed by atoms with Crippen molar-refractivity contribution in [3.63, 3.8) is 0 Å². The van der Waals surface area contributed by atoms with E-state index in [1.54, 1.807) is 6.92 Å². The summed E-state index contributed by atoms with van der Waals surface area (Å²) in [6.07, 6.45) is 0.350. The van der Waals surface area contributed by atoms with Gasteiger partial charge in [-0.25, -0.2) is 14.3 Å². The molecule has 9 nitrogen and oxygen atoms in total. The van der Waals surface area contributed by atoms with Gasteiger partial charge in [0.2, 0.25) is 0 Å². The lowest BCUT2D eigenvalue weighted by atomic mass is 10.6. The molecule has 0 aromatic carbocycles. The van der Waals surface area contributed by atoms with Crippen LogP contribution in [0.5, 0.6) is 0 Å². The van der Waals surface area contributed by atoms with Gasteiger partial charge in [0.05, 0.1) is 6.61 Å². The van der Waals surface area contributed by atoms with E-state index in [9.17, 15) is 14.9 Å². The van der Waals surface area contributed by atoms with Crippen LogP contribution in [0.1, 0.15) is 5.82 Å². The Morgan fingerprint density at radius 1 is 1.41 bits per heavy atom. The van der Waals surface area contributed by atoms with Gasteiger partial charge < -0.3 is 24.7 Å². The first-order chi connectivity index (χ1) is 10.6. The van der Waals surface area contributed by atoms with Gasteiger partial charge in [-0.3, -0.25) is 0 Å². The van der Waals surface area contributed by atoms with Gasteiger partial charge in [0, 0.05) is 18.4 Å². The van der Waals surface area contributed by atoms with E-state index in [2.05, 4.69) is 4.98 Å². The van der Waals surface area contributed by atoms with Crippen molar-refractivity contribution in [1.29, 1.82) is 0 Å². The Morgan fingerprint density at radius 3 is 2.77 bits per heavy atom. The van der Waals surface area contributed by atoms with Crippen molar-refractivity contribution < 1.29 is 24.3 Å². The second kappa shape index (κ2) is 10.3. The minimum atomic E-state index is -0.812. The van der Waals surface area contributed by atoms with Gasteiger partial charge in [0.25, 0.3) is 0 Å². The van der Waals surface area contributed by atoms with Gasteiger partial charge >= 0.3 is 12.0 Å². The highest BCUT2D eigenvalue weighted by atomic mass is 33.1. The van der Waals surface area contributed by atoms with Crippen LogP contribution in [0.25, 0.3) is 0 Å². The van der Waals surface area contributed by atoms with E-state index in [-0.39, 0.29) is 32.2 Å². The number of ether oxygens (including phenoxy) is 2. The molecule has 0 radical (unpaired) electrons. The maximum Gasteiger partial charge on any atom is 0.508 e. The molecular formula is C11H17N3O6S2. The van der Waals surface area contributed by atoms with E-state index < -0.39 is 11.1 Å². The Labute approximate surface area is 134 Å². The predicted octanol–water partition coefficient (Wildman–Crippen LogP) is 1.63. The number of nitrogens with zero attached hydrogens (tertiary/aromatic N) is 3. The third kappa shape index (κ3) is 6.54. The van der Waals surface area contributed by atoms with Gasteiger partial charge in [0.15, 0.2) is 5.82 Å². The zero-order chi connectivity index (χ0) is 16.4. The lowest BCUT2D eigenvalue weighted by Gasteiger charge is -2.06. The number of aliphatic hydroxyl groups is 1. The highest BCUT2D eigenvalue weighted by molar-refractivity contribution is 8.76. The molecule has 0 spiro atoms. The van der Waals surface area contributed by atoms with Crippen molar-refractivity contribution >= 4 is 33.6 Å². The fourth-order valence-electron chi connectivity index (χ4n) is 1.45. The molecule has 22 heavy (non-hydrogen) atoms. The number of aromatic nitrogens is 2. The molecule has 1 aromatic heterocycles. The van der Waals surface area contributed by atoms with Gasteiger partial charge in [-0.2, -0.15) is 0 Å². The Balaban J connectivity index is 2.20. The summed E-state index contributed by atoms with van der Waals surface area (Å²) >= 11 is 0. The summed E-state index contributed by atoms with van der Waals surface area (Å²) in [5.41, 5.74) is 0. The second-order valence-electron chi connectivity index (χ2n) is 3.89. The van der Waals surface area contributed by atoms with Crippen LogP contribution in [-0.4, -0.2) is 57.1 Å². The van der Waals surface area contributed by atoms with Crippen LogP contribution >= 0.6 is 21.6 Å². The van der Waals surface area contributed by atoms with Gasteiger partial charge in [-0.1, -0.05) is 21.6 Å². The quantitative estimate of drug-likeness (QED) is 0.221. The summed E-state index contributed by atoms with van der Waals surface area (Å²) < 4.78 is 11.0. The number of nitro groups is 1. The predicted molar refractivity (Wildman–Crippen MR) is 82.9 cm³/mol. The van der Waals surface area contributed by atoms with Crippen molar-refractivity contribution in [2.75, 3.05) is 31.3 Å². The van der Waals surface area contributed by atoms with Crippen LogP contribution in [0.4, 0.5) is 10.6 Å². The number of hydrogen-bond donors (Lipinski definition) is 1. The Hall–Kier alpha value is -1.46. The van der Waals surface area contributed by atoms with E-state index >= 15 is 0 Å². The molecular weight excluding hydrogens is 334 g/mol. The minimum absolute atomic E-state index is 0.0384. The molecule has 1 heterocycles. The average molecular weight is 351 g/mol. The molecule has 0 atom stereocenters. The number of carbonyl (C=O) groups is 1. The molecule has 124 valence electrons. The summed E-state index contributed by atoms with van der Waals surface area (Å²) in [4.78, 5) is 25.4. The molecule has 0 aliphatic heterocycles. The Morgan fingerprint density at radius 2 is 2.09 bits per heavy atom. The summed E-state index contributed by atoms with van der Waals surface area (Å²) in [5.74, 6) is 1.54. The molecule has 0 unspecified atom stereocenters. The number of aryl methyl sites for hydroxylation is 1. The molecule has 0 saturated carbocycles. The monoisotopic (exact) mass is 351 g/mol. The first kappa shape index (κ1) is 18.6. The first-order valence-electron chi connectivity index (χ1n) is 6.37. The molecule has 0 saturated heterocycles. The standard InChI is InChI=1S/C11H17N3O6S2/c1-9-12-8-10(14(17)18)13(9)2-4-19-11(16)20-5-7-22-21-6-3-15/h8,15H,2-7H2,1H3. The number of hydrogen-bond acceptors (Lipinski definition) is 9. The SMILES string of the molecule is Cc1ncc([N+](=O)[O-])n1CCOC(=O)OCCSSCCO. The van der Waals surface area contributed by atoms with Crippen molar-refractivity contribution in [2.45, 2.75) is 13.5 Å². The zero-order valence-electron chi connectivity index (χ0n) is 12.0. The highest BCUT2D eigenvalue weighted by Crippen LogP contribution is 2.19. The van der Waals surface area contributed by atoms with Gasteiger partial charge in [0.1, 0.15) is 26.0 Å². The maximum absolute atomic E-state index is 11.3. The number of imidazole rings is 1. The van der Waals surface area contributed by atoms with Crippen molar-refractivity contribution in [3.05, 3.63) is 22.1 Å². The third-order valence-corrected chi connectivity index (χ3v) is 4.75. The topological polar surface area (TPSA) is 117 Å². The van der Waals surface area contributed by atoms with Gasteiger partial charge in [-0.15, -0.1) is 0 Å².